The van der Waals surface area contributed by atoms with Crippen molar-refractivity contribution >= 4 is 17.8 Å². The number of aliphatic imine (C=N–C) groups is 1. The van der Waals surface area contributed by atoms with Crippen molar-refractivity contribution in [3.63, 3.8) is 0 Å². The third-order valence-corrected chi connectivity index (χ3v) is 3.24. The van der Waals surface area contributed by atoms with Crippen LogP contribution in [0.2, 0.25) is 0 Å². The van der Waals surface area contributed by atoms with Crippen LogP contribution in [-0.4, -0.2) is 75.7 Å². The van der Waals surface area contributed by atoms with Crippen molar-refractivity contribution < 1.29 is 30.0 Å². The van der Waals surface area contributed by atoms with Crippen LogP contribution in [-0.2, 0) is 9.59 Å². The Bertz CT molecular complexity index is 430. The molecule has 0 aromatic rings. The molecule has 0 saturated carbocycles. The molecule has 1 rings (SSSR count). The lowest BCUT2D eigenvalue weighted by Crippen LogP contribution is -2.39. The first-order valence-electron chi connectivity index (χ1n) is 6.92. The Morgan fingerprint density at radius 1 is 1.36 bits per heavy atom. The molecule has 1 unspecified atom stereocenters. The minimum absolute atomic E-state index is 0.0729. The number of aliphatic hydroxyl groups excluding tert-OH is 3. The topological polar surface area (TPSA) is 177 Å². The van der Waals surface area contributed by atoms with Crippen LogP contribution in [0, 0.1) is 0 Å². The highest BCUT2D eigenvalue weighted by atomic mass is 16.4. The maximum Gasteiger partial charge on any atom is 0.320 e. The van der Waals surface area contributed by atoms with Gasteiger partial charge in [0.25, 0.3) is 0 Å². The first-order valence-corrected chi connectivity index (χ1v) is 6.92. The Kier molecular flexibility index (Phi) is 7.18. The molecule has 10 nitrogen and oxygen atoms in total. The molecular formula is C12H22N4O6. The average Bonchev–Trinajstić information content (AvgIpc) is 2.82. The minimum Gasteiger partial charge on any atom is -0.480 e. The maximum absolute atomic E-state index is 11.7. The third kappa shape index (κ3) is 5.56. The predicted molar refractivity (Wildman–Crippen MR) is 75.9 cm³/mol. The lowest BCUT2D eigenvalue weighted by molar-refractivity contribution is -0.138. The van der Waals surface area contributed by atoms with Crippen molar-refractivity contribution in [1.82, 2.24) is 10.6 Å². The molecule has 1 fully saturated rings. The SMILES string of the molecule is N[C@@H](CCCN=C1NC(=O)C(C[C@H](O)[C@H](O)CO)N1)C(=O)O. The summed E-state index contributed by atoms with van der Waals surface area (Å²) in [4.78, 5) is 26.2. The van der Waals surface area contributed by atoms with E-state index in [1.165, 1.54) is 0 Å². The van der Waals surface area contributed by atoms with E-state index in [-0.39, 0.29) is 25.3 Å². The second-order valence-electron chi connectivity index (χ2n) is 5.06. The van der Waals surface area contributed by atoms with Gasteiger partial charge < -0.3 is 31.5 Å². The van der Waals surface area contributed by atoms with E-state index >= 15 is 0 Å². The monoisotopic (exact) mass is 318 g/mol. The number of nitrogens with zero attached hydrogens (tertiary/aromatic N) is 1. The van der Waals surface area contributed by atoms with Crippen molar-refractivity contribution in [1.29, 1.82) is 0 Å². The Morgan fingerprint density at radius 3 is 2.64 bits per heavy atom. The van der Waals surface area contributed by atoms with Gasteiger partial charge >= 0.3 is 5.97 Å². The lowest BCUT2D eigenvalue weighted by atomic mass is 10.1. The zero-order valence-electron chi connectivity index (χ0n) is 12.0. The van der Waals surface area contributed by atoms with Crippen LogP contribution in [0.3, 0.4) is 0 Å². The molecule has 0 bridgehead atoms. The van der Waals surface area contributed by atoms with Gasteiger partial charge in [0.2, 0.25) is 5.91 Å². The molecule has 1 heterocycles. The fourth-order valence-electron chi connectivity index (χ4n) is 1.87. The molecule has 0 spiro atoms. The second kappa shape index (κ2) is 8.63. The summed E-state index contributed by atoms with van der Waals surface area (Å²) >= 11 is 0. The molecule has 1 amide bonds. The zero-order valence-corrected chi connectivity index (χ0v) is 12.0. The van der Waals surface area contributed by atoms with Crippen molar-refractivity contribution in [2.24, 2.45) is 10.7 Å². The van der Waals surface area contributed by atoms with E-state index in [2.05, 4.69) is 15.6 Å². The van der Waals surface area contributed by atoms with Gasteiger partial charge in [-0.2, -0.15) is 0 Å². The van der Waals surface area contributed by atoms with Crippen LogP contribution in [0.4, 0.5) is 0 Å². The third-order valence-electron chi connectivity index (χ3n) is 3.24. The molecule has 0 aliphatic carbocycles. The zero-order chi connectivity index (χ0) is 16.7. The summed E-state index contributed by atoms with van der Waals surface area (Å²) < 4.78 is 0. The number of aliphatic carboxylic acids is 1. The predicted octanol–water partition coefficient (Wildman–Crippen LogP) is -3.27. The number of hydrogen-bond acceptors (Lipinski definition) is 7. The van der Waals surface area contributed by atoms with E-state index in [9.17, 15) is 19.8 Å². The van der Waals surface area contributed by atoms with Gasteiger partial charge in [0, 0.05) is 13.0 Å². The summed E-state index contributed by atoms with van der Waals surface area (Å²) in [6.07, 6.45) is -1.90. The molecule has 0 aromatic heterocycles. The quantitative estimate of drug-likeness (QED) is 0.216. The van der Waals surface area contributed by atoms with Crippen molar-refractivity contribution in [2.45, 2.75) is 43.6 Å². The number of amides is 1. The molecular weight excluding hydrogens is 296 g/mol. The highest BCUT2D eigenvalue weighted by molar-refractivity contribution is 6.06. The minimum atomic E-state index is -1.31. The first kappa shape index (κ1) is 18.3. The van der Waals surface area contributed by atoms with Gasteiger partial charge in [-0.15, -0.1) is 0 Å². The number of carbonyl (C=O) groups is 2. The molecule has 4 atom stereocenters. The summed E-state index contributed by atoms with van der Waals surface area (Å²) in [5, 5.41) is 41.4. The molecule has 0 aromatic carbocycles. The van der Waals surface area contributed by atoms with E-state index in [0.717, 1.165) is 0 Å². The Balaban J connectivity index is 2.38. The Hall–Kier alpha value is -1.75. The van der Waals surface area contributed by atoms with Crippen molar-refractivity contribution in [3.05, 3.63) is 0 Å². The van der Waals surface area contributed by atoms with E-state index in [1.807, 2.05) is 0 Å². The van der Waals surface area contributed by atoms with Crippen molar-refractivity contribution in [3.8, 4) is 0 Å². The van der Waals surface area contributed by atoms with Gasteiger partial charge in [0.15, 0.2) is 5.96 Å². The van der Waals surface area contributed by atoms with E-state index < -0.39 is 42.8 Å². The number of carboxylic acid groups (broad SMARTS) is 1. The number of nitrogens with one attached hydrogen (secondary N) is 2. The van der Waals surface area contributed by atoms with E-state index in [0.29, 0.717) is 6.42 Å². The van der Waals surface area contributed by atoms with Gasteiger partial charge in [-0.25, -0.2) is 0 Å². The normalized spacial score (nSPS) is 23.7. The number of nitrogens with two attached hydrogens (primary N) is 1. The standard InChI is InChI=1S/C12H22N4O6/c13-6(11(21)22)2-1-3-14-12-15-7(10(20)16-12)4-8(18)9(19)5-17/h6-9,17-19H,1-5,13H2,(H,21,22)(H2,14,15,16,20)/t6-,7?,8-,9+/m0/s1. The second-order valence-corrected chi connectivity index (χ2v) is 5.06. The lowest BCUT2D eigenvalue weighted by Gasteiger charge is -2.17. The fourth-order valence-corrected chi connectivity index (χ4v) is 1.87. The number of guanidine groups is 1. The van der Waals surface area contributed by atoms with Gasteiger partial charge in [0.05, 0.1) is 12.7 Å². The number of rotatable bonds is 9. The fraction of sp³-hybridized carbons (Fsp3) is 0.750. The highest BCUT2D eigenvalue weighted by Gasteiger charge is 2.31. The largest absolute Gasteiger partial charge is 0.480 e. The van der Waals surface area contributed by atoms with Gasteiger partial charge in [0.1, 0.15) is 18.2 Å². The summed E-state index contributed by atoms with van der Waals surface area (Å²) in [5.74, 6) is -1.24. The Morgan fingerprint density at radius 2 is 2.05 bits per heavy atom. The van der Waals surface area contributed by atoms with Gasteiger partial charge in [-0.3, -0.25) is 19.9 Å². The van der Waals surface area contributed by atoms with Crippen LogP contribution in [0.25, 0.3) is 0 Å². The van der Waals surface area contributed by atoms with Crippen LogP contribution in [0.5, 0.6) is 0 Å². The number of carboxylic acids is 1. The van der Waals surface area contributed by atoms with Crippen molar-refractivity contribution in [2.75, 3.05) is 13.2 Å². The van der Waals surface area contributed by atoms with Gasteiger partial charge in [-0.1, -0.05) is 0 Å². The molecule has 8 N–H and O–H groups in total. The van der Waals surface area contributed by atoms with Crippen LogP contribution >= 0.6 is 0 Å². The summed E-state index contributed by atoms with van der Waals surface area (Å²) in [7, 11) is 0. The summed E-state index contributed by atoms with van der Waals surface area (Å²) in [5.41, 5.74) is 5.35. The highest BCUT2D eigenvalue weighted by Crippen LogP contribution is 2.07. The molecule has 22 heavy (non-hydrogen) atoms. The summed E-state index contributed by atoms with van der Waals surface area (Å²) in [6, 6.07) is -1.69. The summed E-state index contributed by atoms with van der Waals surface area (Å²) in [6.45, 7) is -0.307. The van der Waals surface area contributed by atoms with Crippen LogP contribution in [0.15, 0.2) is 4.99 Å². The number of aliphatic hydroxyl groups is 3. The number of carbonyl (C=O) groups excluding carboxylic acids is 1. The Labute approximate surface area is 127 Å². The molecule has 0 radical (unpaired) electrons. The maximum atomic E-state index is 11.7. The molecule has 126 valence electrons. The molecule has 1 aliphatic rings. The van der Waals surface area contributed by atoms with Gasteiger partial charge in [-0.05, 0) is 12.8 Å². The van der Waals surface area contributed by atoms with Crippen LogP contribution in [0.1, 0.15) is 19.3 Å². The average molecular weight is 318 g/mol. The van der Waals surface area contributed by atoms with E-state index in [4.69, 9.17) is 15.9 Å². The van der Waals surface area contributed by atoms with Crippen LogP contribution < -0.4 is 16.4 Å². The molecule has 1 aliphatic heterocycles. The smallest absolute Gasteiger partial charge is 0.320 e. The molecule has 1 saturated heterocycles. The van der Waals surface area contributed by atoms with E-state index in [1.54, 1.807) is 0 Å². The molecule has 10 heteroatoms. The number of hydrogen-bond donors (Lipinski definition) is 7. The first-order chi connectivity index (χ1) is 10.3.